The van der Waals surface area contributed by atoms with Gasteiger partial charge < -0.3 is 4.57 Å². The second-order valence-electron chi connectivity index (χ2n) is 5.73. The second-order valence-corrected chi connectivity index (χ2v) is 5.73. The number of rotatable bonds is 3. The fraction of sp³-hybridized carbons (Fsp3) is 0.0909. The molecule has 0 aliphatic heterocycles. The van der Waals surface area contributed by atoms with Gasteiger partial charge in [0.2, 0.25) is 0 Å². The Balaban J connectivity index is 2.12. The van der Waals surface area contributed by atoms with Crippen molar-refractivity contribution < 1.29 is 0 Å². The van der Waals surface area contributed by atoms with Crippen molar-refractivity contribution in [2.45, 2.75) is 13.3 Å². The molecule has 4 rings (SSSR count). The average molecular weight is 297 g/mol. The largest absolute Gasteiger partial charge is 0.313 e. The summed E-state index contributed by atoms with van der Waals surface area (Å²) in [4.78, 5) is 0. The van der Waals surface area contributed by atoms with E-state index in [1.165, 1.54) is 33.4 Å². The molecule has 0 aliphatic rings. The van der Waals surface area contributed by atoms with Gasteiger partial charge >= 0.3 is 0 Å². The number of nitrogens with zero attached hydrogens (tertiary/aromatic N) is 1. The molecule has 0 radical (unpaired) electrons. The normalized spacial score (nSPS) is 11.0. The molecule has 0 saturated heterocycles. The maximum absolute atomic E-state index is 2.40. The summed E-state index contributed by atoms with van der Waals surface area (Å²) in [7, 11) is 0. The van der Waals surface area contributed by atoms with Gasteiger partial charge in [-0.3, -0.25) is 0 Å². The summed E-state index contributed by atoms with van der Waals surface area (Å²) < 4.78 is 2.40. The SMILES string of the molecule is CCc1c(-c2ccccc2)c2ccccc2n1-c1ccccc1. The predicted molar refractivity (Wildman–Crippen MR) is 98.1 cm³/mol. The van der Waals surface area contributed by atoms with Crippen LogP contribution in [0.3, 0.4) is 0 Å². The molecule has 0 aliphatic carbocycles. The van der Waals surface area contributed by atoms with Gasteiger partial charge in [-0.15, -0.1) is 0 Å². The summed E-state index contributed by atoms with van der Waals surface area (Å²) in [6.45, 7) is 2.24. The van der Waals surface area contributed by atoms with Crippen molar-refractivity contribution in [1.82, 2.24) is 4.57 Å². The van der Waals surface area contributed by atoms with E-state index >= 15 is 0 Å². The lowest BCUT2D eigenvalue weighted by Crippen LogP contribution is -1.99. The van der Waals surface area contributed by atoms with Crippen molar-refractivity contribution in [3.63, 3.8) is 0 Å². The number of fused-ring (bicyclic) bond motifs is 1. The first-order valence-electron chi connectivity index (χ1n) is 8.13. The first-order chi connectivity index (χ1) is 11.4. The van der Waals surface area contributed by atoms with Crippen LogP contribution in [0.1, 0.15) is 12.6 Å². The van der Waals surface area contributed by atoms with Crippen molar-refractivity contribution in [1.29, 1.82) is 0 Å². The zero-order valence-electron chi connectivity index (χ0n) is 13.2. The van der Waals surface area contributed by atoms with Gasteiger partial charge in [-0.2, -0.15) is 0 Å². The van der Waals surface area contributed by atoms with E-state index in [4.69, 9.17) is 0 Å². The molecule has 0 fully saturated rings. The van der Waals surface area contributed by atoms with Gasteiger partial charge in [0.05, 0.1) is 5.52 Å². The lowest BCUT2D eigenvalue weighted by atomic mass is 10.0. The molecular weight excluding hydrogens is 278 g/mol. The summed E-state index contributed by atoms with van der Waals surface area (Å²) in [5.74, 6) is 0. The summed E-state index contributed by atoms with van der Waals surface area (Å²) in [6.07, 6.45) is 0.994. The molecule has 23 heavy (non-hydrogen) atoms. The van der Waals surface area contributed by atoms with Crippen LogP contribution in [0.15, 0.2) is 84.9 Å². The number of benzene rings is 3. The number of aromatic nitrogens is 1. The Hall–Kier alpha value is -2.80. The molecule has 1 aromatic heterocycles. The molecule has 0 N–H and O–H groups in total. The maximum atomic E-state index is 2.40. The van der Waals surface area contributed by atoms with Crippen molar-refractivity contribution in [2.75, 3.05) is 0 Å². The van der Waals surface area contributed by atoms with Crippen molar-refractivity contribution >= 4 is 10.9 Å². The zero-order chi connectivity index (χ0) is 15.6. The quantitative estimate of drug-likeness (QED) is 0.446. The van der Waals surface area contributed by atoms with E-state index in [9.17, 15) is 0 Å². The Kier molecular flexibility index (Phi) is 3.47. The third kappa shape index (κ3) is 2.25. The monoisotopic (exact) mass is 297 g/mol. The maximum Gasteiger partial charge on any atom is 0.0537 e. The molecule has 0 bridgehead atoms. The van der Waals surface area contributed by atoms with Crippen LogP contribution in [0.25, 0.3) is 27.7 Å². The third-order valence-corrected chi connectivity index (χ3v) is 4.38. The molecule has 0 saturated carbocycles. The molecule has 1 nitrogen and oxygen atoms in total. The molecule has 112 valence electrons. The first kappa shape index (κ1) is 13.8. The van der Waals surface area contributed by atoms with E-state index in [0.29, 0.717) is 0 Å². The van der Waals surface area contributed by atoms with E-state index in [2.05, 4.69) is 96.4 Å². The molecule has 1 heteroatoms. The molecule has 4 aromatic rings. The smallest absolute Gasteiger partial charge is 0.0537 e. The van der Waals surface area contributed by atoms with E-state index in [-0.39, 0.29) is 0 Å². The van der Waals surface area contributed by atoms with Crippen LogP contribution in [-0.2, 0) is 6.42 Å². The van der Waals surface area contributed by atoms with E-state index in [0.717, 1.165) is 6.42 Å². The van der Waals surface area contributed by atoms with Crippen LogP contribution in [0.2, 0.25) is 0 Å². The van der Waals surface area contributed by atoms with Gasteiger partial charge in [-0.25, -0.2) is 0 Å². The predicted octanol–water partition coefficient (Wildman–Crippen LogP) is 5.86. The Morgan fingerprint density at radius 3 is 2.00 bits per heavy atom. The second kappa shape index (κ2) is 5.77. The van der Waals surface area contributed by atoms with Crippen molar-refractivity contribution in [3.05, 3.63) is 90.6 Å². The molecular formula is C22H19N. The minimum Gasteiger partial charge on any atom is -0.313 e. The number of hydrogen-bond acceptors (Lipinski definition) is 0. The van der Waals surface area contributed by atoms with Gasteiger partial charge in [0.25, 0.3) is 0 Å². The highest BCUT2D eigenvalue weighted by Gasteiger charge is 2.17. The molecule has 0 spiro atoms. The van der Waals surface area contributed by atoms with Crippen molar-refractivity contribution in [3.8, 4) is 16.8 Å². The minimum absolute atomic E-state index is 0.994. The zero-order valence-corrected chi connectivity index (χ0v) is 13.2. The van der Waals surface area contributed by atoms with E-state index < -0.39 is 0 Å². The summed E-state index contributed by atoms with van der Waals surface area (Å²) in [6, 6.07) is 30.0. The number of para-hydroxylation sites is 2. The van der Waals surface area contributed by atoms with Gasteiger partial charge in [-0.05, 0) is 30.2 Å². The number of hydrogen-bond donors (Lipinski definition) is 0. The average Bonchev–Trinajstić information content (AvgIpc) is 2.97. The van der Waals surface area contributed by atoms with Crippen LogP contribution in [-0.4, -0.2) is 4.57 Å². The highest BCUT2D eigenvalue weighted by molar-refractivity contribution is 5.99. The summed E-state index contributed by atoms with van der Waals surface area (Å²) in [5.41, 5.74) is 6.50. The standard InChI is InChI=1S/C22H19N/c1-2-20-22(17-11-5-3-6-12-17)19-15-9-10-16-21(19)23(20)18-13-7-4-8-14-18/h3-16H,2H2,1H3. The topological polar surface area (TPSA) is 4.93 Å². The van der Waals surface area contributed by atoms with Gasteiger partial charge in [0, 0.05) is 22.3 Å². The lowest BCUT2D eigenvalue weighted by molar-refractivity contribution is 0.963. The Morgan fingerprint density at radius 1 is 0.696 bits per heavy atom. The molecule has 0 amide bonds. The Morgan fingerprint density at radius 2 is 1.30 bits per heavy atom. The Bertz CT molecular complexity index is 857. The summed E-state index contributed by atoms with van der Waals surface area (Å²) >= 11 is 0. The Labute approximate surface area is 136 Å². The highest BCUT2D eigenvalue weighted by atomic mass is 15.0. The minimum atomic E-state index is 0.994. The van der Waals surface area contributed by atoms with Crippen LogP contribution in [0, 0.1) is 0 Å². The molecule has 3 aromatic carbocycles. The van der Waals surface area contributed by atoms with Crippen LogP contribution in [0.4, 0.5) is 0 Å². The fourth-order valence-electron chi connectivity index (χ4n) is 3.43. The first-order valence-corrected chi connectivity index (χ1v) is 8.13. The summed E-state index contributed by atoms with van der Waals surface area (Å²) in [5, 5.41) is 1.32. The van der Waals surface area contributed by atoms with Crippen LogP contribution >= 0.6 is 0 Å². The molecule has 1 heterocycles. The fourth-order valence-corrected chi connectivity index (χ4v) is 3.43. The van der Waals surface area contributed by atoms with E-state index in [1.54, 1.807) is 0 Å². The van der Waals surface area contributed by atoms with E-state index in [1.807, 2.05) is 0 Å². The molecule has 0 atom stereocenters. The van der Waals surface area contributed by atoms with Gasteiger partial charge in [0.1, 0.15) is 0 Å². The lowest BCUT2D eigenvalue weighted by Gasteiger charge is -2.11. The highest BCUT2D eigenvalue weighted by Crippen LogP contribution is 2.37. The van der Waals surface area contributed by atoms with Gasteiger partial charge in [-0.1, -0.05) is 73.7 Å². The van der Waals surface area contributed by atoms with Crippen molar-refractivity contribution in [2.24, 2.45) is 0 Å². The molecule has 0 unspecified atom stereocenters. The van der Waals surface area contributed by atoms with Crippen LogP contribution in [0.5, 0.6) is 0 Å². The van der Waals surface area contributed by atoms with Crippen LogP contribution < -0.4 is 0 Å². The third-order valence-electron chi connectivity index (χ3n) is 4.38. The van der Waals surface area contributed by atoms with Gasteiger partial charge in [0.15, 0.2) is 0 Å².